The molecule has 0 aliphatic carbocycles. The van der Waals surface area contributed by atoms with Crippen molar-refractivity contribution in [1.29, 1.82) is 0 Å². The van der Waals surface area contributed by atoms with Crippen molar-refractivity contribution in [3.05, 3.63) is 23.8 Å². The van der Waals surface area contributed by atoms with Gasteiger partial charge < -0.3 is 16.2 Å². The highest BCUT2D eigenvalue weighted by Crippen LogP contribution is 2.18. The summed E-state index contributed by atoms with van der Waals surface area (Å²) in [5, 5.41) is 0. The van der Waals surface area contributed by atoms with Gasteiger partial charge >= 0.3 is 0 Å². The molecule has 1 amide bonds. The Bertz CT molecular complexity index is 416. The van der Waals surface area contributed by atoms with E-state index in [1.54, 1.807) is 25.3 Å². The van der Waals surface area contributed by atoms with Gasteiger partial charge in [-0.1, -0.05) is 5.92 Å². The first-order chi connectivity index (χ1) is 6.63. The molecule has 1 rings (SSSR count). The fourth-order valence-corrected chi connectivity index (χ4v) is 0.911. The largest absolute Gasteiger partial charge is 0.497 e. The summed E-state index contributed by atoms with van der Waals surface area (Å²) in [6, 6.07) is 5.01. The van der Waals surface area contributed by atoms with Gasteiger partial charge in [0.05, 0.1) is 12.8 Å². The summed E-state index contributed by atoms with van der Waals surface area (Å²) in [7, 11) is 1.55. The van der Waals surface area contributed by atoms with Crippen molar-refractivity contribution in [2.45, 2.75) is 0 Å². The zero-order valence-corrected chi connectivity index (χ0v) is 7.70. The Balaban J connectivity index is 3.02. The number of nitrogens with two attached hydrogens (primary N) is 2. The predicted molar refractivity (Wildman–Crippen MR) is 53.5 cm³/mol. The minimum atomic E-state index is -0.680. The third-order valence-electron chi connectivity index (χ3n) is 1.58. The first-order valence-electron chi connectivity index (χ1n) is 3.88. The molecular formula is C10H10N2O2. The molecule has 1 aromatic rings. The van der Waals surface area contributed by atoms with Crippen LogP contribution >= 0.6 is 0 Å². The maximum absolute atomic E-state index is 10.4. The second kappa shape index (κ2) is 4.19. The predicted octanol–water partition coefficient (Wildman–Crippen LogP) is 0.114. The first-order valence-corrected chi connectivity index (χ1v) is 3.88. The van der Waals surface area contributed by atoms with Crippen LogP contribution in [0.25, 0.3) is 0 Å². The maximum Gasteiger partial charge on any atom is 0.293 e. The number of hydrogen-bond donors (Lipinski definition) is 2. The van der Waals surface area contributed by atoms with Crippen molar-refractivity contribution in [3.63, 3.8) is 0 Å². The van der Waals surface area contributed by atoms with Gasteiger partial charge in [-0.05, 0) is 12.1 Å². The van der Waals surface area contributed by atoms with Crippen molar-refractivity contribution in [2.24, 2.45) is 5.73 Å². The molecule has 0 aromatic heterocycles. The van der Waals surface area contributed by atoms with Gasteiger partial charge in [-0.2, -0.15) is 0 Å². The normalized spacial score (nSPS) is 8.64. The van der Waals surface area contributed by atoms with E-state index in [9.17, 15) is 4.79 Å². The number of nitrogen functional groups attached to an aromatic ring is 1. The highest BCUT2D eigenvalue weighted by molar-refractivity contribution is 5.92. The molecule has 0 atom stereocenters. The molecule has 72 valence electrons. The highest BCUT2D eigenvalue weighted by atomic mass is 16.5. The average molecular weight is 190 g/mol. The summed E-state index contributed by atoms with van der Waals surface area (Å²) in [6.45, 7) is 0. The minimum Gasteiger partial charge on any atom is -0.497 e. The number of anilines is 1. The molecule has 4 N–H and O–H groups in total. The lowest BCUT2D eigenvalue weighted by Crippen LogP contribution is -2.06. The van der Waals surface area contributed by atoms with Gasteiger partial charge in [0.25, 0.3) is 5.91 Å². The van der Waals surface area contributed by atoms with E-state index in [2.05, 4.69) is 11.8 Å². The maximum atomic E-state index is 10.4. The van der Waals surface area contributed by atoms with Gasteiger partial charge in [-0.25, -0.2) is 0 Å². The summed E-state index contributed by atoms with van der Waals surface area (Å²) in [4.78, 5) is 10.4. The third-order valence-corrected chi connectivity index (χ3v) is 1.58. The molecule has 14 heavy (non-hydrogen) atoms. The van der Waals surface area contributed by atoms with Gasteiger partial charge in [0.1, 0.15) is 5.75 Å². The quantitative estimate of drug-likeness (QED) is 0.487. The van der Waals surface area contributed by atoms with E-state index < -0.39 is 5.91 Å². The van der Waals surface area contributed by atoms with E-state index in [1.807, 2.05) is 0 Å². The van der Waals surface area contributed by atoms with E-state index in [1.165, 1.54) is 0 Å². The Morgan fingerprint density at radius 1 is 1.50 bits per heavy atom. The Hall–Kier alpha value is -2.15. The van der Waals surface area contributed by atoms with Crippen LogP contribution in [0.5, 0.6) is 5.75 Å². The number of carbonyl (C=O) groups excluding carboxylic acids is 1. The van der Waals surface area contributed by atoms with Crippen molar-refractivity contribution in [2.75, 3.05) is 12.8 Å². The summed E-state index contributed by atoms with van der Waals surface area (Å²) >= 11 is 0. The van der Waals surface area contributed by atoms with Crippen LogP contribution in [0.4, 0.5) is 5.69 Å². The van der Waals surface area contributed by atoms with Crippen LogP contribution in [-0.4, -0.2) is 13.0 Å². The van der Waals surface area contributed by atoms with Gasteiger partial charge in [0.15, 0.2) is 0 Å². The van der Waals surface area contributed by atoms with Crippen LogP contribution < -0.4 is 16.2 Å². The van der Waals surface area contributed by atoms with Crippen molar-refractivity contribution in [3.8, 4) is 17.6 Å². The molecule has 0 bridgehead atoms. The zero-order chi connectivity index (χ0) is 10.6. The Morgan fingerprint density at radius 2 is 2.21 bits per heavy atom. The van der Waals surface area contributed by atoms with Crippen LogP contribution in [-0.2, 0) is 4.79 Å². The van der Waals surface area contributed by atoms with E-state index in [0.29, 0.717) is 17.0 Å². The van der Waals surface area contributed by atoms with E-state index in [0.717, 1.165) is 0 Å². The second-order valence-corrected chi connectivity index (χ2v) is 2.57. The zero-order valence-electron chi connectivity index (χ0n) is 7.70. The fraction of sp³-hybridized carbons (Fsp3) is 0.100. The Kier molecular flexibility index (Phi) is 2.97. The summed E-state index contributed by atoms with van der Waals surface area (Å²) in [6.07, 6.45) is 0. The number of ether oxygens (including phenoxy) is 1. The van der Waals surface area contributed by atoms with Crippen LogP contribution in [0.1, 0.15) is 5.56 Å². The Labute approximate surface area is 81.8 Å². The van der Waals surface area contributed by atoms with Gasteiger partial charge in [-0.15, -0.1) is 0 Å². The number of amides is 1. The molecular weight excluding hydrogens is 180 g/mol. The number of primary amides is 1. The minimum absolute atomic E-state index is 0.457. The fourth-order valence-electron chi connectivity index (χ4n) is 0.911. The van der Waals surface area contributed by atoms with Gasteiger partial charge in [0.2, 0.25) is 0 Å². The topological polar surface area (TPSA) is 78.3 Å². The molecule has 0 saturated carbocycles. The monoisotopic (exact) mass is 190 g/mol. The molecule has 0 spiro atoms. The summed E-state index contributed by atoms with van der Waals surface area (Å²) in [5.41, 5.74) is 11.5. The molecule has 0 heterocycles. The van der Waals surface area contributed by atoms with E-state index >= 15 is 0 Å². The second-order valence-electron chi connectivity index (χ2n) is 2.57. The van der Waals surface area contributed by atoms with Gasteiger partial charge in [-0.3, -0.25) is 4.79 Å². The van der Waals surface area contributed by atoms with Crippen molar-refractivity contribution >= 4 is 11.6 Å². The molecule has 1 aromatic carbocycles. The molecule has 0 fully saturated rings. The van der Waals surface area contributed by atoms with E-state index in [-0.39, 0.29) is 0 Å². The smallest absolute Gasteiger partial charge is 0.293 e. The SMILES string of the molecule is COc1ccc(C#CC(N)=O)c(N)c1. The summed E-state index contributed by atoms with van der Waals surface area (Å²) in [5.74, 6) is 4.73. The van der Waals surface area contributed by atoms with Gasteiger partial charge in [0, 0.05) is 17.6 Å². The molecule has 0 aliphatic heterocycles. The Morgan fingerprint density at radius 3 is 2.71 bits per heavy atom. The standard InChI is InChI=1S/C10H10N2O2/c1-14-8-4-2-7(9(11)6-8)3-5-10(12)13/h2,4,6H,11H2,1H3,(H2,12,13). The lowest BCUT2D eigenvalue weighted by molar-refractivity contribution is -0.112. The van der Waals surface area contributed by atoms with Crippen LogP contribution in [0, 0.1) is 11.8 Å². The molecule has 0 saturated heterocycles. The van der Waals surface area contributed by atoms with Crippen LogP contribution in [0.3, 0.4) is 0 Å². The number of hydrogen-bond acceptors (Lipinski definition) is 3. The molecule has 0 aliphatic rings. The molecule has 0 unspecified atom stereocenters. The lowest BCUT2D eigenvalue weighted by Gasteiger charge is -2.01. The molecule has 0 radical (unpaired) electrons. The van der Waals surface area contributed by atoms with Crippen LogP contribution in [0.15, 0.2) is 18.2 Å². The molecule has 4 nitrogen and oxygen atoms in total. The summed E-state index contributed by atoms with van der Waals surface area (Å²) < 4.78 is 4.96. The number of methoxy groups -OCH3 is 1. The first kappa shape index (κ1) is 9.93. The van der Waals surface area contributed by atoms with Crippen molar-refractivity contribution < 1.29 is 9.53 Å². The number of carbonyl (C=O) groups is 1. The number of benzene rings is 1. The average Bonchev–Trinajstić information content (AvgIpc) is 2.15. The third kappa shape index (κ3) is 2.42. The number of rotatable bonds is 1. The molecule has 4 heteroatoms. The van der Waals surface area contributed by atoms with E-state index in [4.69, 9.17) is 16.2 Å². The lowest BCUT2D eigenvalue weighted by atomic mass is 10.2. The van der Waals surface area contributed by atoms with Crippen molar-refractivity contribution in [1.82, 2.24) is 0 Å². The van der Waals surface area contributed by atoms with Crippen LogP contribution in [0.2, 0.25) is 0 Å². The highest BCUT2D eigenvalue weighted by Gasteiger charge is 1.97.